The van der Waals surface area contributed by atoms with Gasteiger partial charge in [0.05, 0.1) is 12.4 Å². The SMILES string of the molecule is O=S(=O)(Cl)CCCOc1cc(Br)cc(F)c1F. The van der Waals surface area contributed by atoms with E-state index in [1.54, 1.807) is 0 Å². The van der Waals surface area contributed by atoms with Crippen LogP contribution in [0.15, 0.2) is 16.6 Å². The summed E-state index contributed by atoms with van der Waals surface area (Å²) in [6.45, 7) is -0.0707. The summed E-state index contributed by atoms with van der Waals surface area (Å²) >= 11 is 2.98. The number of halogens is 4. The summed E-state index contributed by atoms with van der Waals surface area (Å²) in [6.07, 6.45) is 0.0966. The van der Waals surface area contributed by atoms with Crippen LogP contribution in [0.25, 0.3) is 0 Å². The minimum atomic E-state index is -3.59. The van der Waals surface area contributed by atoms with E-state index >= 15 is 0 Å². The predicted octanol–water partition coefficient (Wildman–Crippen LogP) is 3.06. The second kappa shape index (κ2) is 5.97. The first kappa shape index (κ1) is 14.7. The Hall–Kier alpha value is -0.400. The van der Waals surface area contributed by atoms with Gasteiger partial charge in [0.2, 0.25) is 14.9 Å². The first-order valence-corrected chi connectivity index (χ1v) is 7.76. The summed E-state index contributed by atoms with van der Waals surface area (Å²) < 4.78 is 52.5. The van der Waals surface area contributed by atoms with Crippen LogP contribution < -0.4 is 4.74 Å². The van der Waals surface area contributed by atoms with Gasteiger partial charge in [-0.05, 0) is 18.6 Å². The topological polar surface area (TPSA) is 43.4 Å². The second-order valence-electron chi connectivity index (χ2n) is 3.14. The molecule has 0 aliphatic carbocycles. The zero-order valence-electron chi connectivity index (χ0n) is 8.42. The highest BCUT2D eigenvalue weighted by Crippen LogP contribution is 2.25. The van der Waals surface area contributed by atoms with Crippen molar-refractivity contribution in [3.05, 3.63) is 28.2 Å². The minimum Gasteiger partial charge on any atom is -0.490 e. The molecule has 0 radical (unpaired) electrons. The highest BCUT2D eigenvalue weighted by molar-refractivity contribution is 9.10. The van der Waals surface area contributed by atoms with Crippen LogP contribution in [0.3, 0.4) is 0 Å². The van der Waals surface area contributed by atoms with Gasteiger partial charge in [0.25, 0.3) is 0 Å². The molecule has 1 aromatic carbocycles. The molecule has 0 unspecified atom stereocenters. The summed E-state index contributed by atoms with van der Waals surface area (Å²) in [5, 5.41) is 0. The molecule has 1 rings (SSSR count). The molecule has 0 aliphatic heterocycles. The van der Waals surface area contributed by atoms with Crippen LogP contribution in [-0.4, -0.2) is 20.8 Å². The molecule has 0 N–H and O–H groups in total. The van der Waals surface area contributed by atoms with E-state index < -0.39 is 20.7 Å². The maximum atomic E-state index is 13.2. The number of rotatable bonds is 5. The molecule has 0 bridgehead atoms. The van der Waals surface area contributed by atoms with E-state index in [1.165, 1.54) is 6.07 Å². The summed E-state index contributed by atoms with van der Waals surface area (Å²) in [5.74, 6) is -2.71. The third kappa shape index (κ3) is 5.18. The highest BCUT2D eigenvalue weighted by atomic mass is 79.9. The van der Waals surface area contributed by atoms with E-state index in [0.717, 1.165) is 6.07 Å². The van der Waals surface area contributed by atoms with Crippen LogP contribution in [0.4, 0.5) is 8.78 Å². The molecule has 17 heavy (non-hydrogen) atoms. The van der Waals surface area contributed by atoms with Gasteiger partial charge >= 0.3 is 0 Å². The molecule has 0 aliphatic rings. The second-order valence-corrected chi connectivity index (χ2v) is 6.96. The van der Waals surface area contributed by atoms with E-state index in [-0.39, 0.29) is 24.5 Å². The molecule has 8 heteroatoms. The molecule has 0 aromatic heterocycles. The van der Waals surface area contributed by atoms with E-state index in [9.17, 15) is 17.2 Å². The monoisotopic (exact) mass is 348 g/mol. The zero-order chi connectivity index (χ0) is 13.1. The first-order valence-electron chi connectivity index (χ1n) is 4.49. The van der Waals surface area contributed by atoms with E-state index in [4.69, 9.17) is 15.4 Å². The predicted molar refractivity (Wildman–Crippen MR) is 63.8 cm³/mol. The van der Waals surface area contributed by atoms with Gasteiger partial charge in [0.15, 0.2) is 11.6 Å². The zero-order valence-corrected chi connectivity index (χ0v) is 11.6. The average Bonchev–Trinajstić information content (AvgIpc) is 2.18. The molecular formula is C9H8BrClF2O3S. The Morgan fingerprint density at radius 3 is 2.59 bits per heavy atom. The normalized spacial score (nSPS) is 11.5. The van der Waals surface area contributed by atoms with Gasteiger partial charge in [-0.3, -0.25) is 0 Å². The van der Waals surface area contributed by atoms with Crippen LogP contribution in [-0.2, 0) is 9.05 Å². The molecule has 3 nitrogen and oxygen atoms in total. The number of hydrogen-bond acceptors (Lipinski definition) is 3. The largest absolute Gasteiger partial charge is 0.490 e. The number of hydrogen-bond donors (Lipinski definition) is 0. The Bertz CT molecular complexity index is 507. The Morgan fingerprint density at radius 2 is 2.00 bits per heavy atom. The maximum Gasteiger partial charge on any atom is 0.232 e. The van der Waals surface area contributed by atoms with Crippen molar-refractivity contribution in [1.29, 1.82) is 0 Å². The Balaban J connectivity index is 2.58. The van der Waals surface area contributed by atoms with E-state index in [2.05, 4.69) is 15.9 Å². The van der Waals surface area contributed by atoms with Crippen LogP contribution in [0.1, 0.15) is 6.42 Å². The standard InChI is InChI=1S/C9H8BrClF2O3S/c10-6-4-7(12)9(13)8(5-6)16-2-1-3-17(11,14)15/h4-5H,1-3H2. The summed E-state index contributed by atoms with van der Waals surface area (Å²) in [5.41, 5.74) is 0. The van der Waals surface area contributed by atoms with Gasteiger partial charge in [-0.25, -0.2) is 12.8 Å². The fourth-order valence-electron chi connectivity index (χ4n) is 1.05. The first-order chi connectivity index (χ1) is 7.79. The van der Waals surface area contributed by atoms with Gasteiger partial charge in [-0.1, -0.05) is 15.9 Å². The van der Waals surface area contributed by atoms with Crippen molar-refractivity contribution in [2.24, 2.45) is 0 Å². The smallest absolute Gasteiger partial charge is 0.232 e. The van der Waals surface area contributed by atoms with E-state index in [1.807, 2.05) is 0 Å². The van der Waals surface area contributed by atoms with Gasteiger partial charge in [-0.2, -0.15) is 4.39 Å². The fourth-order valence-corrected chi connectivity index (χ4v) is 2.25. The quantitative estimate of drug-likeness (QED) is 0.466. The minimum absolute atomic E-state index is 0.0707. The average molecular weight is 350 g/mol. The van der Waals surface area contributed by atoms with Crippen LogP contribution in [0.2, 0.25) is 0 Å². The molecule has 0 amide bonds. The van der Waals surface area contributed by atoms with Gasteiger partial charge < -0.3 is 4.74 Å². The molecule has 0 spiro atoms. The molecule has 0 saturated carbocycles. The lowest BCUT2D eigenvalue weighted by atomic mass is 10.3. The number of ether oxygens (including phenoxy) is 1. The van der Waals surface area contributed by atoms with Gasteiger partial charge in [-0.15, -0.1) is 0 Å². The third-order valence-corrected chi connectivity index (χ3v) is 3.45. The Labute approximate surface area is 110 Å². The van der Waals surface area contributed by atoms with Crippen molar-refractivity contribution in [2.75, 3.05) is 12.4 Å². The summed E-state index contributed by atoms with van der Waals surface area (Å²) in [7, 11) is 1.38. The molecule has 0 fully saturated rings. The molecule has 1 aromatic rings. The van der Waals surface area contributed by atoms with Gasteiger partial charge in [0, 0.05) is 15.2 Å². The molecular weight excluding hydrogens is 342 g/mol. The van der Waals surface area contributed by atoms with Crippen molar-refractivity contribution in [3.63, 3.8) is 0 Å². The van der Waals surface area contributed by atoms with Crippen LogP contribution in [0.5, 0.6) is 5.75 Å². The summed E-state index contributed by atoms with van der Waals surface area (Å²) in [4.78, 5) is 0. The lowest BCUT2D eigenvalue weighted by molar-refractivity contribution is 0.295. The van der Waals surface area contributed by atoms with Crippen molar-refractivity contribution in [1.82, 2.24) is 0 Å². The Kier molecular flexibility index (Phi) is 5.15. The lowest BCUT2D eigenvalue weighted by Crippen LogP contribution is -2.06. The van der Waals surface area contributed by atoms with Crippen molar-refractivity contribution in [3.8, 4) is 5.75 Å². The van der Waals surface area contributed by atoms with Crippen molar-refractivity contribution >= 4 is 35.7 Å². The maximum absolute atomic E-state index is 13.2. The molecule has 0 atom stereocenters. The van der Waals surface area contributed by atoms with Crippen LogP contribution >= 0.6 is 26.6 Å². The van der Waals surface area contributed by atoms with E-state index in [0.29, 0.717) is 4.47 Å². The van der Waals surface area contributed by atoms with Gasteiger partial charge in [0.1, 0.15) is 0 Å². The molecule has 96 valence electrons. The highest BCUT2D eigenvalue weighted by Gasteiger charge is 2.11. The van der Waals surface area contributed by atoms with Crippen molar-refractivity contribution in [2.45, 2.75) is 6.42 Å². The third-order valence-electron chi connectivity index (χ3n) is 1.75. The Morgan fingerprint density at radius 1 is 1.35 bits per heavy atom. The molecule has 0 saturated heterocycles. The lowest BCUT2D eigenvalue weighted by Gasteiger charge is -2.07. The van der Waals surface area contributed by atoms with Crippen molar-refractivity contribution < 1.29 is 21.9 Å². The fraction of sp³-hybridized carbons (Fsp3) is 0.333. The summed E-state index contributed by atoms with van der Waals surface area (Å²) in [6, 6.07) is 2.22. The number of benzene rings is 1. The van der Waals surface area contributed by atoms with Crippen LogP contribution in [0, 0.1) is 11.6 Å². The molecule has 0 heterocycles.